The van der Waals surface area contributed by atoms with Crippen molar-refractivity contribution in [1.29, 1.82) is 0 Å². The molecule has 0 spiro atoms. The van der Waals surface area contributed by atoms with Crippen molar-refractivity contribution in [3.63, 3.8) is 0 Å². The summed E-state index contributed by atoms with van der Waals surface area (Å²) < 4.78 is 39.7. The summed E-state index contributed by atoms with van der Waals surface area (Å²) in [4.78, 5) is 13.8. The molecule has 1 aliphatic carbocycles. The van der Waals surface area contributed by atoms with Crippen LogP contribution < -0.4 is 0 Å². The van der Waals surface area contributed by atoms with Crippen molar-refractivity contribution >= 4 is 5.91 Å². The molecule has 3 rings (SSSR count). The summed E-state index contributed by atoms with van der Waals surface area (Å²) in [5.74, 6) is -0.0784. The molecule has 0 radical (unpaired) electrons. The van der Waals surface area contributed by atoms with Crippen LogP contribution in [0.25, 0.3) is 0 Å². The third kappa shape index (κ3) is 2.09. The van der Waals surface area contributed by atoms with Gasteiger partial charge in [0.1, 0.15) is 0 Å². The van der Waals surface area contributed by atoms with Gasteiger partial charge in [0.2, 0.25) is 0 Å². The zero-order chi connectivity index (χ0) is 14.7. The molecule has 1 fully saturated rings. The molecule has 0 saturated heterocycles. The van der Waals surface area contributed by atoms with Gasteiger partial charge in [-0.1, -0.05) is 0 Å². The second kappa shape index (κ2) is 4.24. The number of fused-ring (bicyclic) bond motifs is 1. The standard InChI is InChI=1S/C15H16F3NO/c1-8(2)19-7-12-11(14(19)20)5-10(9-3-4-9)6-13(12)15(16,17)18/h5-6,8-9H,3-4,7H2,1-2H3. The lowest BCUT2D eigenvalue weighted by molar-refractivity contribution is -0.138. The summed E-state index contributed by atoms with van der Waals surface area (Å²) in [6.45, 7) is 3.70. The molecule has 5 heteroatoms. The zero-order valence-corrected chi connectivity index (χ0v) is 11.4. The van der Waals surface area contributed by atoms with Crippen LogP contribution in [-0.2, 0) is 12.7 Å². The molecule has 0 bridgehead atoms. The fourth-order valence-electron chi connectivity index (χ4n) is 2.77. The molecule has 0 atom stereocenters. The third-order valence-electron chi connectivity index (χ3n) is 4.07. The summed E-state index contributed by atoms with van der Waals surface area (Å²) in [6.07, 6.45) is -2.57. The molecular formula is C15H16F3NO. The van der Waals surface area contributed by atoms with Gasteiger partial charge in [-0.05, 0) is 55.9 Å². The monoisotopic (exact) mass is 283 g/mol. The highest BCUT2D eigenvalue weighted by molar-refractivity contribution is 5.99. The number of carbonyl (C=O) groups excluding carboxylic acids is 1. The Morgan fingerprint density at radius 1 is 1.25 bits per heavy atom. The summed E-state index contributed by atoms with van der Waals surface area (Å²) >= 11 is 0. The van der Waals surface area contributed by atoms with Gasteiger partial charge in [0.05, 0.1) is 5.56 Å². The van der Waals surface area contributed by atoms with Crippen molar-refractivity contribution in [3.05, 3.63) is 34.4 Å². The number of halogens is 3. The summed E-state index contributed by atoms with van der Waals surface area (Å²) in [5.41, 5.74) is 0.416. The van der Waals surface area contributed by atoms with Crippen molar-refractivity contribution in [1.82, 2.24) is 4.90 Å². The number of benzene rings is 1. The van der Waals surface area contributed by atoms with E-state index in [0.717, 1.165) is 12.8 Å². The Labute approximate surface area is 115 Å². The third-order valence-corrected chi connectivity index (χ3v) is 4.07. The zero-order valence-electron chi connectivity index (χ0n) is 11.4. The lowest BCUT2D eigenvalue weighted by Gasteiger charge is -2.20. The molecule has 1 amide bonds. The van der Waals surface area contributed by atoms with Gasteiger partial charge < -0.3 is 4.90 Å². The molecule has 1 aromatic rings. The lowest BCUT2D eigenvalue weighted by atomic mass is 9.97. The Balaban J connectivity index is 2.13. The van der Waals surface area contributed by atoms with E-state index in [4.69, 9.17) is 0 Å². The van der Waals surface area contributed by atoms with E-state index >= 15 is 0 Å². The molecular weight excluding hydrogens is 267 g/mol. The highest BCUT2D eigenvalue weighted by atomic mass is 19.4. The maximum atomic E-state index is 13.2. The van der Waals surface area contributed by atoms with Crippen molar-refractivity contribution in [2.75, 3.05) is 0 Å². The second-order valence-electron chi connectivity index (χ2n) is 5.89. The Bertz CT molecular complexity index is 573. The average Bonchev–Trinajstić information content (AvgIpc) is 3.12. The van der Waals surface area contributed by atoms with Crippen LogP contribution >= 0.6 is 0 Å². The van der Waals surface area contributed by atoms with Crippen molar-refractivity contribution in [2.45, 2.75) is 51.4 Å². The molecule has 2 aliphatic rings. The quantitative estimate of drug-likeness (QED) is 0.805. The molecule has 1 aliphatic heterocycles. The van der Waals surface area contributed by atoms with E-state index in [-0.39, 0.29) is 35.5 Å². The first-order valence-corrected chi connectivity index (χ1v) is 6.84. The largest absolute Gasteiger partial charge is 0.416 e. The molecule has 108 valence electrons. The first kappa shape index (κ1) is 13.5. The summed E-state index contributed by atoms with van der Waals surface area (Å²) in [6, 6.07) is 2.82. The number of carbonyl (C=O) groups is 1. The van der Waals surface area contributed by atoms with Crippen LogP contribution in [-0.4, -0.2) is 16.8 Å². The summed E-state index contributed by atoms with van der Waals surface area (Å²) in [5, 5.41) is 0. The predicted molar refractivity (Wildman–Crippen MR) is 68.4 cm³/mol. The average molecular weight is 283 g/mol. The van der Waals surface area contributed by atoms with E-state index in [9.17, 15) is 18.0 Å². The first-order chi connectivity index (χ1) is 9.29. The van der Waals surface area contributed by atoms with Crippen LogP contribution in [0.3, 0.4) is 0 Å². The van der Waals surface area contributed by atoms with Gasteiger partial charge in [-0.25, -0.2) is 0 Å². The van der Waals surface area contributed by atoms with Crippen LogP contribution in [0.4, 0.5) is 13.2 Å². The van der Waals surface area contributed by atoms with Gasteiger partial charge in [0, 0.05) is 18.2 Å². The van der Waals surface area contributed by atoms with Crippen LogP contribution in [0.1, 0.15) is 59.7 Å². The molecule has 0 N–H and O–H groups in total. The van der Waals surface area contributed by atoms with Crippen molar-refractivity contribution < 1.29 is 18.0 Å². The van der Waals surface area contributed by atoms with Gasteiger partial charge in [0.25, 0.3) is 5.91 Å². The SMILES string of the molecule is CC(C)N1Cc2c(cc(C3CC3)cc2C(F)(F)F)C1=O. The number of hydrogen-bond donors (Lipinski definition) is 0. The minimum Gasteiger partial charge on any atom is -0.332 e. The van der Waals surface area contributed by atoms with Crippen molar-refractivity contribution in [3.8, 4) is 0 Å². The van der Waals surface area contributed by atoms with E-state index in [1.54, 1.807) is 6.07 Å². The maximum absolute atomic E-state index is 13.2. The molecule has 1 aromatic carbocycles. The van der Waals surface area contributed by atoms with Crippen LogP contribution in [0.5, 0.6) is 0 Å². The van der Waals surface area contributed by atoms with E-state index in [1.165, 1.54) is 11.0 Å². The van der Waals surface area contributed by atoms with Crippen LogP contribution in [0, 0.1) is 0 Å². The molecule has 0 aromatic heterocycles. The van der Waals surface area contributed by atoms with Gasteiger partial charge in [-0.3, -0.25) is 4.79 Å². The Morgan fingerprint density at radius 2 is 1.90 bits per heavy atom. The van der Waals surface area contributed by atoms with Crippen LogP contribution in [0.2, 0.25) is 0 Å². The van der Waals surface area contributed by atoms with Gasteiger partial charge in [0.15, 0.2) is 0 Å². The highest BCUT2D eigenvalue weighted by Gasteiger charge is 2.41. The van der Waals surface area contributed by atoms with E-state index in [1.807, 2.05) is 13.8 Å². The Morgan fingerprint density at radius 3 is 2.40 bits per heavy atom. The van der Waals surface area contributed by atoms with Gasteiger partial charge in [-0.15, -0.1) is 0 Å². The number of amides is 1. The summed E-state index contributed by atoms with van der Waals surface area (Å²) in [7, 11) is 0. The highest BCUT2D eigenvalue weighted by Crippen LogP contribution is 2.45. The normalized spacial score (nSPS) is 18.9. The van der Waals surface area contributed by atoms with Gasteiger partial charge >= 0.3 is 6.18 Å². The first-order valence-electron chi connectivity index (χ1n) is 6.84. The molecule has 0 unspecified atom stereocenters. The van der Waals surface area contributed by atoms with E-state index < -0.39 is 11.7 Å². The number of rotatable bonds is 2. The molecule has 1 saturated carbocycles. The fraction of sp³-hybridized carbons (Fsp3) is 0.533. The van der Waals surface area contributed by atoms with E-state index in [0.29, 0.717) is 5.56 Å². The van der Waals surface area contributed by atoms with Crippen LogP contribution in [0.15, 0.2) is 12.1 Å². The number of nitrogens with zero attached hydrogens (tertiary/aromatic N) is 1. The smallest absolute Gasteiger partial charge is 0.332 e. The minimum absolute atomic E-state index is 0.0611. The Hall–Kier alpha value is -1.52. The fourth-order valence-corrected chi connectivity index (χ4v) is 2.77. The second-order valence-corrected chi connectivity index (χ2v) is 5.89. The Kier molecular flexibility index (Phi) is 2.85. The molecule has 20 heavy (non-hydrogen) atoms. The molecule has 2 nitrogen and oxygen atoms in total. The lowest BCUT2D eigenvalue weighted by Crippen LogP contribution is -2.30. The van der Waals surface area contributed by atoms with Gasteiger partial charge in [-0.2, -0.15) is 13.2 Å². The number of hydrogen-bond acceptors (Lipinski definition) is 1. The van der Waals surface area contributed by atoms with Crippen molar-refractivity contribution in [2.24, 2.45) is 0 Å². The predicted octanol–water partition coefficient (Wildman–Crippen LogP) is 3.95. The maximum Gasteiger partial charge on any atom is 0.416 e. The number of alkyl halides is 3. The topological polar surface area (TPSA) is 20.3 Å². The minimum atomic E-state index is -4.40. The van der Waals surface area contributed by atoms with E-state index in [2.05, 4.69) is 0 Å². The molecule has 1 heterocycles.